The second-order valence-corrected chi connectivity index (χ2v) is 8.69. The Labute approximate surface area is 207 Å². The number of aryl methyl sites for hydroxylation is 1. The third kappa shape index (κ3) is 5.10. The van der Waals surface area contributed by atoms with E-state index in [1.54, 1.807) is 43.5 Å². The molecule has 9 heteroatoms. The van der Waals surface area contributed by atoms with Gasteiger partial charge in [-0.25, -0.2) is 9.97 Å². The molecule has 0 aliphatic heterocycles. The van der Waals surface area contributed by atoms with E-state index in [4.69, 9.17) is 13.3 Å². The highest BCUT2D eigenvalue weighted by Gasteiger charge is 2.21. The number of carbonyl (C=O) groups excluding carboxylic acids is 1. The van der Waals surface area contributed by atoms with E-state index in [0.717, 1.165) is 6.42 Å². The highest BCUT2D eigenvalue weighted by molar-refractivity contribution is 5.96. The first-order valence-corrected chi connectivity index (χ1v) is 11.6. The molecule has 3 heterocycles. The maximum atomic E-state index is 13.3. The van der Waals surface area contributed by atoms with Crippen molar-refractivity contribution in [3.05, 3.63) is 95.9 Å². The number of aromatic nitrogens is 4. The Morgan fingerprint density at radius 2 is 1.81 bits per heavy atom. The predicted molar refractivity (Wildman–Crippen MR) is 131 cm³/mol. The van der Waals surface area contributed by atoms with Crippen LogP contribution in [-0.2, 0) is 13.0 Å². The summed E-state index contributed by atoms with van der Waals surface area (Å²) >= 11 is 0. The minimum atomic E-state index is -0.206. The number of hydrogen-bond donors (Lipinski definition) is 0. The van der Waals surface area contributed by atoms with E-state index < -0.39 is 0 Å². The van der Waals surface area contributed by atoms with Gasteiger partial charge in [-0.2, -0.15) is 0 Å². The molecule has 0 unspecified atom stereocenters. The van der Waals surface area contributed by atoms with Crippen molar-refractivity contribution in [1.29, 1.82) is 0 Å². The standard InChI is InChI=1S/C27H25N5O4/c1-17(11-19-7-5-4-6-8-19)24-30-31-26(36-24)21-12-20(25-28-9-10-34-25)13-22(14-21)27(33)32(3)15-23-16-35-18(2)29-23/h4-10,12-14,16-17H,11,15H2,1-3H3/t17-/m0/s1. The highest BCUT2D eigenvalue weighted by atomic mass is 16.4. The topological polar surface area (TPSA) is 111 Å². The maximum Gasteiger partial charge on any atom is 0.253 e. The van der Waals surface area contributed by atoms with E-state index in [9.17, 15) is 4.79 Å². The van der Waals surface area contributed by atoms with Gasteiger partial charge in [0.15, 0.2) is 5.89 Å². The predicted octanol–water partition coefficient (Wildman–Crippen LogP) is 5.31. The van der Waals surface area contributed by atoms with E-state index >= 15 is 0 Å². The van der Waals surface area contributed by atoms with Gasteiger partial charge >= 0.3 is 0 Å². The van der Waals surface area contributed by atoms with Crippen LogP contribution in [0.2, 0.25) is 0 Å². The minimum Gasteiger partial charge on any atom is -0.449 e. The molecule has 0 fully saturated rings. The normalized spacial score (nSPS) is 12.0. The largest absolute Gasteiger partial charge is 0.449 e. The van der Waals surface area contributed by atoms with Gasteiger partial charge < -0.3 is 18.2 Å². The van der Waals surface area contributed by atoms with Crippen LogP contribution in [0, 0.1) is 6.92 Å². The third-order valence-corrected chi connectivity index (χ3v) is 5.77. The first-order chi connectivity index (χ1) is 17.5. The maximum absolute atomic E-state index is 13.3. The quantitative estimate of drug-likeness (QED) is 0.292. The molecular weight excluding hydrogens is 458 g/mol. The number of amides is 1. The highest BCUT2D eigenvalue weighted by Crippen LogP contribution is 2.29. The summed E-state index contributed by atoms with van der Waals surface area (Å²) in [6.45, 7) is 4.11. The summed E-state index contributed by atoms with van der Waals surface area (Å²) in [5.74, 6) is 1.61. The van der Waals surface area contributed by atoms with Crippen LogP contribution < -0.4 is 0 Å². The van der Waals surface area contributed by atoms with Crippen molar-refractivity contribution in [3.63, 3.8) is 0 Å². The van der Waals surface area contributed by atoms with Crippen molar-refractivity contribution in [3.8, 4) is 22.9 Å². The lowest BCUT2D eigenvalue weighted by molar-refractivity contribution is 0.0783. The number of carbonyl (C=O) groups is 1. The van der Waals surface area contributed by atoms with Crippen LogP contribution in [-0.4, -0.2) is 38.0 Å². The minimum absolute atomic E-state index is 0.0294. The van der Waals surface area contributed by atoms with Crippen LogP contribution >= 0.6 is 0 Å². The Morgan fingerprint density at radius 1 is 1.03 bits per heavy atom. The number of oxazole rings is 2. The lowest BCUT2D eigenvalue weighted by atomic mass is 10.0. The Morgan fingerprint density at radius 3 is 2.50 bits per heavy atom. The monoisotopic (exact) mass is 483 g/mol. The van der Waals surface area contributed by atoms with Gasteiger partial charge in [-0.15, -0.1) is 10.2 Å². The lowest BCUT2D eigenvalue weighted by Crippen LogP contribution is -2.26. The van der Waals surface area contributed by atoms with Crippen LogP contribution in [0.25, 0.3) is 22.9 Å². The number of hydrogen-bond acceptors (Lipinski definition) is 8. The average molecular weight is 484 g/mol. The van der Waals surface area contributed by atoms with Gasteiger partial charge in [-0.05, 0) is 30.2 Å². The van der Waals surface area contributed by atoms with Gasteiger partial charge in [-0.1, -0.05) is 37.3 Å². The molecule has 0 saturated heterocycles. The van der Waals surface area contributed by atoms with Gasteiger partial charge in [0.2, 0.25) is 17.7 Å². The van der Waals surface area contributed by atoms with Crippen LogP contribution in [0.15, 0.2) is 80.5 Å². The van der Waals surface area contributed by atoms with Gasteiger partial charge in [0.25, 0.3) is 5.91 Å². The molecule has 0 saturated carbocycles. The first-order valence-electron chi connectivity index (χ1n) is 11.6. The lowest BCUT2D eigenvalue weighted by Gasteiger charge is -2.16. The fourth-order valence-electron chi connectivity index (χ4n) is 3.99. The molecule has 2 aromatic carbocycles. The van der Waals surface area contributed by atoms with E-state index in [2.05, 4.69) is 32.3 Å². The molecular formula is C27H25N5O4. The average Bonchev–Trinajstić information content (AvgIpc) is 3.66. The zero-order valence-corrected chi connectivity index (χ0v) is 20.2. The van der Waals surface area contributed by atoms with Gasteiger partial charge in [0.05, 0.1) is 18.4 Å². The van der Waals surface area contributed by atoms with E-state index in [-0.39, 0.29) is 11.8 Å². The van der Waals surface area contributed by atoms with Gasteiger partial charge in [-0.3, -0.25) is 4.79 Å². The molecule has 0 aliphatic carbocycles. The third-order valence-electron chi connectivity index (χ3n) is 5.77. The molecule has 0 radical (unpaired) electrons. The van der Waals surface area contributed by atoms with Crippen LogP contribution in [0.5, 0.6) is 0 Å². The number of benzene rings is 2. The molecule has 5 aromatic rings. The summed E-state index contributed by atoms with van der Waals surface area (Å²) in [6, 6.07) is 15.4. The van der Waals surface area contributed by atoms with Crippen molar-refractivity contribution in [1.82, 2.24) is 25.1 Å². The molecule has 5 rings (SSSR count). The second kappa shape index (κ2) is 9.99. The zero-order valence-electron chi connectivity index (χ0n) is 20.2. The molecule has 0 spiro atoms. The summed E-state index contributed by atoms with van der Waals surface area (Å²) in [7, 11) is 1.71. The SMILES string of the molecule is Cc1nc(CN(C)C(=O)c2cc(-c3ncco3)cc(-c3nnc([C@@H](C)Cc4ccccc4)o3)c2)co1. The second-order valence-electron chi connectivity index (χ2n) is 8.69. The molecule has 182 valence electrons. The van der Waals surface area contributed by atoms with Crippen LogP contribution in [0.4, 0.5) is 0 Å². The van der Waals surface area contributed by atoms with Crippen molar-refractivity contribution in [2.45, 2.75) is 32.7 Å². The van der Waals surface area contributed by atoms with E-state index in [1.807, 2.05) is 31.2 Å². The Bertz CT molecular complexity index is 1460. The van der Waals surface area contributed by atoms with Crippen LogP contribution in [0.1, 0.15) is 46.2 Å². The van der Waals surface area contributed by atoms with Gasteiger partial charge in [0.1, 0.15) is 12.5 Å². The molecule has 3 aromatic heterocycles. The molecule has 9 nitrogen and oxygen atoms in total. The Hall–Kier alpha value is -4.53. The van der Waals surface area contributed by atoms with E-state index in [1.165, 1.54) is 11.8 Å². The fourth-order valence-corrected chi connectivity index (χ4v) is 3.99. The number of nitrogens with zero attached hydrogens (tertiary/aromatic N) is 5. The summed E-state index contributed by atoms with van der Waals surface area (Å²) < 4.78 is 16.8. The van der Waals surface area contributed by atoms with Gasteiger partial charge in [0, 0.05) is 36.6 Å². The summed E-state index contributed by atoms with van der Waals surface area (Å²) in [4.78, 5) is 23.4. The Kier molecular flexibility index (Phi) is 6.44. The number of rotatable bonds is 8. The molecule has 36 heavy (non-hydrogen) atoms. The van der Waals surface area contributed by atoms with Crippen molar-refractivity contribution in [2.75, 3.05) is 7.05 Å². The zero-order chi connectivity index (χ0) is 25.1. The van der Waals surface area contributed by atoms with E-state index in [0.29, 0.717) is 52.5 Å². The smallest absolute Gasteiger partial charge is 0.253 e. The Balaban J connectivity index is 1.44. The van der Waals surface area contributed by atoms with Crippen molar-refractivity contribution < 1.29 is 18.0 Å². The molecule has 0 aliphatic rings. The molecule has 1 atom stereocenters. The first kappa shape index (κ1) is 23.2. The summed E-state index contributed by atoms with van der Waals surface area (Å²) in [5, 5.41) is 8.55. The summed E-state index contributed by atoms with van der Waals surface area (Å²) in [5.41, 5.74) is 3.52. The van der Waals surface area contributed by atoms with Crippen molar-refractivity contribution >= 4 is 5.91 Å². The molecule has 0 bridgehead atoms. The van der Waals surface area contributed by atoms with Crippen molar-refractivity contribution in [2.24, 2.45) is 0 Å². The fraction of sp³-hybridized carbons (Fsp3) is 0.222. The summed E-state index contributed by atoms with van der Waals surface area (Å²) in [6.07, 6.45) is 5.36. The molecule has 0 N–H and O–H groups in total. The van der Waals surface area contributed by atoms with Crippen LogP contribution in [0.3, 0.4) is 0 Å². The molecule has 1 amide bonds.